The first kappa shape index (κ1) is 16.7. The van der Waals surface area contributed by atoms with E-state index in [2.05, 4.69) is 16.5 Å². The predicted molar refractivity (Wildman–Crippen MR) is 101 cm³/mol. The molecular formula is C20H17N4O3+. The van der Waals surface area contributed by atoms with Crippen molar-refractivity contribution in [1.82, 2.24) is 14.5 Å². The molecule has 0 unspecified atom stereocenters. The number of H-pyrrole nitrogens is 1. The van der Waals surface area contributed by atoms with Crippen LogP contribution in [0.25, 0.3) is 28.1 Å². The number of esters is 1. The van der Waals surface area contributed by atoms with Crippen LogP contribution in [0, 0.1) is 0 Å². The molecule has 0 spiro atoms. The van der Waals surface area contributed by atoms with Crippen LogP contribution in [0.5, 0.6) is 0 Å². The summed E-state index contributed by atoms with van der Waals surface area (Å²) in [6, 6.07) is 12.6. The SMILES string of the molecule is C=Cn1c[n+](Cc2nc3cc(C(=O)OC)ccc3c(=O)[nH]2)c2ccccc21. The smallest absolute Gasteiger partial charge is 0.337 e. The first-order valence-electron chi connectivity index (χ1n) is 8.33. The Bertz CT molecular complexity index is 1250. The van der Waals surface area contributed by atoms with Gasteiger partial charge in [-0.1, -0.05) is 18.7 Å². The Morgan fingerprint density at radius 1 is 1.33 bits per heavy atom. The van der Waals surface area contributed by atoms with Crippen molar-refractivity contribution in [3.63, 3.8) is 0 Å². The molecule has 0 amide bonds. The van der Waals surface area contributed by atoms with Crippen molar-refractivity contribution in [3.8, 4) is 0 Å². The van der Waals surface area contributed by atoms with Gasteiger partial charge in [0.15, 0.2) is 16.9 Å². The fourth-order valence-corrected chi connectivity index (χ4v) is 3.14. The van der Waals surface area contributed by atoms with E-state index in [9.17, 15) is 9.59 Å². The number of rotatable bonds is 4. The molecule has 2 heterocycles. The standard InChI is InChI=1S/C20H16N4O3/c1-3-23-12-24(17-7-5-4-6-16(17)23)11-18-21-15-10-13(20(26)27-2)8-9-14(15)19(25)22-18/h3-10,12H,1,11H2,2H3/p+1. The lowest BCUT2D eigenvalue weighted by Gasteiger charge is -2.04. The quantitative estimate of drug-likeness (QED) is 0.446. The minimum Gasteiger partial charge on any atom is -0.465 e. The van der Waals surface area contributed by atoms with Gasteiger partial charge in [0, 0.05) is 0 Å². The second-order valence-electron chi connectivity index (χ2n) is 6.06. The summed E-state index contributed by atoms with van der Waals surface area (Å²) < 4.78 is 8.62. The van der Waals surface area contributed by atoms with Gasteiger partial charge in [-0.15, -0.1) is 0 Å². The minimum atomic E-state index is -0.469. The van der Waals surface area contributed by atoms with Gasteiger partial charge in [-0.3, -0.25) is 4.79 Å². The van der Waals surface area contributed by atoms with Crippen LogP contribution in [-0.2, 0) is 11.3 Å². The molecule has 27 heavy (non-hydrogen) atoms. The number of methoxy groups -OCH3 is 1. The molecule has 134 valence electrons. The van der Waals surface area contributed by atoms with Crippen LogP contribution in [0.1, 0.15) is 16.2 Å². The Balaban J connectivity index is 1.82. The number of carbonyl (C=O) groups excluding carboxylic acids is 1. The van der Waals surface area contributed by atoms with Crippen molar-refractivity contribution in [2.45, 2.75) is 6.54 Å². The highest BCUT2D eigenvalue weighted by molar-refractivity contribution is 5.93. The number of hydrogen-bond acceptors (Lipinski definition) is 4. The molecule has 2 aromatic heterocycles. The Hall–Kier alpha value is -3.74. The summed E-state index contributed by atoms with van der Waals surface area (Å²) >= 11 is 0. The molecular weight excluding hydrogens is 344 g/mol. The van der Waals surface area contributed by atoms with Crippen LogP contribution in [0.3, 0.4) is 0 Å². The maximum atomic E-state index is 12.4. The van der Waals surface area contributed by atoms with Gasteiger partial charge in [-0.2, -0.15) is 0 Å². The Morgan fingerprint density at radius 2 is 2.15 bits per heavy atom. The molecule has 0 atom stereocenters. The zero-order valence-corrected chi connectivity index (χ0v) is 14.7. The van der Waals surface area contributed by atoms with Gasteiger partial charge in [0.25, 0.3) is 5.56 Å². The van der Waals surface area contributed by atoms with E-state index >= 15 is 0 Å². The molecule has 1 N–H and O–H groups in total. The fraction of sp³-hybridized carbons (Fsp3) is 0.100. The van der Waals surface area contributed by atoms with Crippen LogP contribution >= 0.6 is 0 Å². The number of nitrogens with one attached hydrogen (secondary N) is 1. The number of aromatic amines is 1. The van der Waals surface area contributed by atoms with E-state index < -0.39 is 5.97 Å². The molecule has 0 aliphatic carbocycles. The number of imidazole rings is 1. The van der Waals surface area contributed by atoms with Crippen molar-refractivity contribution in [3.05, 3.63) is 77.1 Å². The van der Waals surface area contributed by atoms with Gasteiger partial charge in [0.05, 0.1) is 29.8 Å². The third kappa shape index (κ3) is 2.89. The topological polar surface area (TPSA) is 80.9 Å². The number of ether oxygens (including phenoxy) is 1. The Labute approximate surface area is 154 Å². The summed E-state index contributed by atoms with van der Waals surface area (Å²) in [5.41, 5.74) is 2.54. The van der Waals surface area contributed by atoms with Gasteiger partial charge in [0.1, 0.15) is 6.54 Å². The van der Waals surface area contributed by atoms with Crippen LogP contribution in [0.2, 0.25) is 0 Å². The molecule has 7 nitrogen and oxygen atoms in total. The van der Waals surface area contributed by atoms with Gasteiger partial charge in [0.2, 0.25) is 6.33 Å². The van der Waals surface area contributed by atoms with Crippen molar-refractivity contribution >= 4 is 34.1 Å². The highest BCUT2D eigenvalue weighted by Gasteiger charge is 2.16. The summed E-state index contributed by atoms with van der Waals surface area (Å²) in [5, 5.41) is 0.421. The molecule has 7 heteroatoms. The fourth-order valence-electron chi connectivity index (χ4n) is 3.14. The number of aromatic nitrogens is 4. The molecule has 0 saturated heterocycles. The monoisotopic (exact) mass is 361 g/mol. The minimum absolute atomic E-state index is 0.250. The molecule has 0 aliphatic rings. The summed E-state index contributed by atoms with van der Waals surface area (Å²) in [6.07, 6.45) is 3.62. The molecule has 0 saturated carbocycles. The van der Waals surface area contributed by atoms with E-state index in [1.54, 1.807) is 24.4 Å². The first-order valence-corrected chi connectivity index (χ1v) is 8.33. The summed E-state index contributed by atoms with van der Waals surface area (Å²) in [4.78, 5) is 31.5. The molecule has 4 aromatic rings. The third-order valence-corrected chi connectivity index (χ3v) is 4.43. The molecule has 0 bridgehead atoms. The van der Waals surface area contributed by atoms with Crippen molar-refractivity contribution in [2.24, 2.45) is 0 Å². The highest BCUT2D eigenvalue weighted by atomic mass is 16.5. The summed E-state index contributed by atoms with van der Waals surface area (Å²) in [7, 11) is 1.31. The largest absolute Gasteiger partial charge is 0.465 e. The van der Waals surface area contributed by atoms with E-state index in [1.807, 2.05) is 39.7 Å². The maximum absolute atomic E-state index is 12.4. The number of carbonyl (C=O) groups is 1. The van der Waals surface area contributed by atoms with Crippen LogP contribution in [-0.4, -0.2) is 27.6 Å². The number of para-hydroxylation sites is 2. The van der Waals surface area contributed by atoms with Crippen molar-refractivity contribution < 1.29 is 14.1 Å². The van der Waals surface area contributed by atoms with Crippen molar-refractivity contribution in [2.75, 3.05) is 7.11 Å². The van der Waals surface area contributed by atoms with Crippen LogP contribution in [0.15, 0.2) is 60.2 Å². The van der Waals surface area contributed by atoms with Crippen molar-refractivity contribution in [1.29, 1.82) is 0 Å². The lowest BCUT2D eigenvalue weighted by atomic mass is 10.1. The van der Waals surface area contributed by atoms with Gasteiger partial charge < -0.3 is 9.72 Å². The Kier molecular flexibility index (Phi) is 4.04. The average Bonchev–Trinajstić information content (AvgIpc) is 3.04. The lowest BCUT2D eigenvalue weighted by molar-refractivity contribution is -0.663. The van der Waals surface area contributed by atoms with Crippen LogP contribution in [0.4, 0.5) is 0 Å². The van der Waals surface area contributed by atoms with E-state index in [1.165, 1.54) is 7.11 Å². The molecule has 2 aromatic carbocycles. The summed E-state index contributed by atoms with van der Waals surface area (Å²) in [6.45, 7) is 4.19. The van der Waals surface area contributed by atoms with E-state index in [0.29, 0.717) is 28.8 Å². The predicted octanol–water partition coefficient (Wildman–Crippen LogP) is 2.10. The maximum Gasteiger partial charge on any atom is 0.337 e. The molecule has 0 fully saturated rings. The third-order valence-electron chi connectivity index (χ3n) is 4.43. The van der Waals surface area contributed by atoms with Gasteiger partial charge in [-0.05, 0) is 30.3 Å². The molecule has 0 aliphatic heterocycles. The molecule has 0 radical (unpaired) electrons. The number of fused-ring (bicyclic) bond motifs is 2. The second kappa shape index (κ2) is 6.53. The summed E-state index contributed by atoms with van der Waals surface area (Å²) in [5.74, 6) is 0.0236. The number of hydrogen-bond donors (Lipinski definition) is 1. The van der Waals surface area contributed by atoms with Crippen LogP contribution < -0.4 is 10.1 Å². The first-order chi connectivity index (χ1) is 13.1. The number of nitrogens with zero attached hydrogens (tertiary/aromatic N) is 3. The van der Waals surface area contributed by atoms with E-state index in [-0.39, 0.29) is 5.56 Å². The highest BCUT2D eigenvalue weighted by Crippen LogP contribution is 2.13. The van der Waals surface area contributed by atoms with Gasteiger partial charge in [-0.25, -0.2) is 18.9 Å². The normalized spacial score (nSPS) is 11.0. The Morgan fingerprint density at radius 3 is 2.93 bits per heavy atom. The zero-order chi connectivity index (χ0) is 19.0. The van der Waals surface area contributed by atoms with E-state index in [0.717, 1.165) is 11.0 Å². The molecule has 4 rings (SSSR count). The zero-order valence-electron chi connectivity index (χ0n) is 14.7. The average molecular weight is 361 g/mol. The van der Waals surface area contributed by atoms with Gasteiger partial charge >= 0.3 is 5.97 Å². The number of benzene rings is 2. The second-order valence-corrected chi connectivity index (χ2v) is 6.06. The van der Waals surface area contributed by atoms with E-state index in [4.69, 9.17) is 4.74 Å². The lowest BCUT2D eigenvalue weighted by Crippen LogP contribution is -2.34.